The molecule has 0 radical (unpaired) electrons. The lowest BCUT2D eigenvalue weighted by atomic mass is 9.97. The Morgan fingerprint density at radius 3 is 2.91 bits per heavy atom. The minimum atomic E-state index is 0.105. The number of likely N-dealkylation sites (tertiary alicyclic amines) is 1. The van der Waals surface area contributed by atoms with Crippen LogP contribution in [0.2, 0.25) is 0 Å². The van der Waals surface area contributed by atoms with Crippen LogP contribution in [0.5, 0.6) is 0 Å². The zero-order valence-electron chi connectivity index (χ0n) is 14.2. The van der Waals surface area contributed by atoms with Crippen molar-refractivity contribution in [1.82, 2.24) is 24.2 Å². The van der Waals surface area contributed by atoms with E-state index in [4.69, 9.17) is 0 Å². The number of piperidine rings is 1. The van der Waals surface area contributed by atoms with Crippen molar-refractivity contribution in [3.05, 3.63) is 35.7 Å². The Hall–Kier alpha value is -2.11. The molecule has 1 fully saturated rings. The van der Waals surface area contributed by atoms with E-state index in [1.807, 2.05) is 31.0 Å². The second kappa shape index (κ2) is 6.56. The van der Waals surface area contributed by atoms with Gasteiger partial charge in [-0.15, -0.1) is 0 Å². The maximum Gasteiger partial charge on any atom is 0.272 e. The molecular formula is C17H25N5O. The third-order valence-electron chi connectivity index (χ3n) is 4.74. The minimum absolute atomic E-state index is 0.105. The molecule has 2 aromatic rings. The fraction of sp³-hybridized carbons (Fsp3) is 0.588. The van der Waals surface area contributed by atoms with Crippen molar-refractivity contribution in [2.75, 3.05) is 13.1 Å². The third-order valence-corrected chi connectivity index (χ3v) is 4.74. The molecule has 23 heavy (non-hydrogen) atoms. The maximum absolute atomic E-state index is 12.8. The lowest BCUT2D eigenvalue weighted by molar-refractivity contribution is 0.0649. The van der Waals surface area contributed by atoms with Gasteiger partial charge in [-0.25, -0.2) is 4.98 Å². The van der Waals surface area contributed by atoms with Crippen LogP contribution < -0.4 is 0 Å². The normalized spacial score (nSPS) is 18.4. The molecule has 1 aliphatic heterocycles. The fourth-order valence-corrected chi connectivity index (χ4v) is 3.44. The molecular weight excluding hydrogens is 290 g/mol. The van der Waals surface area contributed by atoms with Gasteiger partial charge in [-0.1, -0.05) is 0 Å². The Labute approximate surface area is 137 Å². The molecule has 2 aromatic heterocycles. The van der Waals surface area contributed by atoms with Gasteiger partial charge in [-0.3, -0.25) is 9.48 Å². The molecule has 1 amide bonds. The molecule has 1 atom stereocenters. The van der Waals surface area contributed by atoms with E-state index in [2.05, 4.69) is 21.6 Å². The number of imidazole rings is 1. The SMILES string of the molecule is CCn1nccc1C(=O)N1CCCC(Cn2c(C)cnc2C)C1. The standard InChI is InChI=1S/C17H25N5O/c1-4-22-16(7-8-19-22)17(23)20-9-5-6-15(11-20)12-21-13(2)10-18-14(21)3/h7-8,10,15H,4-6,9,11-12H2,1-3H3. The maximum atomic E-state index is 12.8. The number of nitrogens with zero attached hydrogens (tertiary/aromatic N) is 5. The number of amides is 1. The first kappa shape index (κ1) is 15.8. The van der Waals surface area contributed by atoms with Crippen LogP contribution in [0.4, 0.5) is 0 Å². The monoisotopic (exact) mass is 315 g/mol. The number of hydrogen-bond donors (Lipinski definition) is 0. The Balaban J connectivity index is 1.70. The summed E-state index contributed by atoms with van der Waals surface area (Å²) in [5, 5.41) is 4.21. The third kappa shape index (κ3) is 3.16. The van der Waals surface area contributed by atoms with Crippen molar-refractivity contribution in [1.29, 1.82) is 0 Å². The Kier molecular flexibility index (Phi) is 4.50. The smallest absolute Gasteiger partial charge is 0.272 e. The topological polar surface area (TPSA) is 56.0 Å². The lowest BCUT2D eigenvalue weighted by Gasteiger charge is -2.33. The molecule has 0 aliphatic carbocycles. The second-order valence-electron chi connectivity index (χ2n) is 6.35. The van der Waals surface area contributed by atoms with E-state index < -0.39 is 0 Å². The van der Waals surface area contributed by atoms with E-state index in [0.29, 0.717) is 11.6 Å². The van der Waals surface area contributed by atoms with E-state index in [0.717, 1.165) is 44.8 Å². The van der Waals surface area contributed by atoms with Crippen molar-refractivity contribution in [3.63, 3.8) is 0 Å². The zero-order valence-corrected chi connectivity index (χ0v) is 14.2. The Morgan fingerprint density at radius 2 is 2.22 bits per heavy atom. The van der Waals surface area contributed by atoms with Crippen molar-refractivity contribution >= 4 is 5.91 Å². The summed E-state index contributed by atoms with van der Waals surface area (Å²) < 4.78 is 4.03. The Bertz CT molecular complexity index is 667. The van der Waals surface area contributed by atoms with Gasteiger partial charge in [0.2, 0.25) is 0 Å². The number of carbonyl (C=O) groups is 1. The highest BCUT2D eigenvalue weighted by molar-refractivity contribution is 5.92. The van der Waals surface area contributed by atoms with Crippen LogP contribution in [0, 0.1) is 19.8 Å². The average molecular weight is 315 g/mol. The molecule has 0 N–H and O–H groups in total. The zero-order chi connectivity index (χ0) is 16.4. The summed E-state index contributed by atoms with van der Waals surface area (Å²) in [5.41, 5.74) is 1.89. The van der Waals surface area contributed by atoms with E-state index >= 15 is 0 Å². The largest absolute Gasteiger partial charge is 0.337 e. The van der Waals surface area contributed by atoms with Crippen molar-refractivity contribution in [2.24, 2.45) is 5.92 Å². The fourth-order valence-electron chi connectivity index (χ4n) is 3.44. The van der Waals surface area contributed by atoms with Crippen LogP contribution >= 0.6 is 0 Å². The number of aryl methyl sites for hydroxylation is 3. The first-order chi connectivity index (χ1) is 11.1. The minimum Gasteiger partial charge on any atom is -0.337 e. The molecule has 0 bridgehead atoms. The molecule has 6 nitrogen and oxygen atoms in total. The van der Waals surface area contributed by atoms with Gasteiger partial charge in [0.25, 0.3) is 5.91 Å². The number of hydrogen-bond acceptors (Lipinski definition) is 3. The van der Waals surface area contributed by atoms with Crippen LogP contribution in [0.25, 0.3) is 0 Å². The molecule has 124 valence electrons. The molecule has 3 rings (SSSR count). The quantitative estimate of drug-likeness (QED) is 0.869. The van der Waals surface area contributed by atoms with Gasteiger partial charge < -0.3 is 9.47 Å². The summed E-state index contributed by atoms with van der Waals surface area (Å²) in [7, 11) is 0. The summed E-state index contributed by atoms with van der Waals surface area (Å²) in [6.45, 7) is 9.45. The molecule has 1 unspecified atom stereocenters. The molecule has 1 aliphatic rings. The first-order valence-electron chi connectivity index (χ1n) is 8.40. The summed E-state index contributed by atoms with van der Waals surface area (Å²) in [6, 6.07) is 1.82. The highest BCUT2D eigenvalue weighted by Crippen LogP contribution is 2.21. The van der Waals surface area contributed by atoms with Gasteiger partial charge in [-0.2, -0.15) is 5.10 Å². The van der Waals surface area contributed by atoms with Gasteiger partial charge in [0.05, 0.1) is 0 Å². The highest BCUT2D eigenvalue weighted by atomic mass is 16.2. The van der Waals surface area contributed by atoms with Gasteiger partial charge >= 0.3 is 0 Å². The van der Waals surface area contributed by atoms with Crippen LogP contribution in [-0.4, -0.2) is 43.2 Å². The Morgan fingerprint density at radius 1 is 1.39 bits per heavy atom. The van der Waals surface area contributed by atoms with Crippen LogP contribution in [0.15, 0.2) is 18.5 Å². The molecule has 0 saturated carbocycles. The molecule has 6 heteroatoms. The number of aromatic nitrogens is 4. The van der Waals surface area contributed by atoms with Gasteiger partial charge in [-0.05, 0) is 45.6 Å². The van der Waals surface area contributed by atoms with E-state index in [-0.39, 0.29) is 5.91 Å². The van der Waals surface area contributed by atoms with Crippen molar-refractivity contribution in [2.45, 2.75) is 46.7 Å². The van der Waals surface area contributed by atoms with Gasteiger partial charge in [0.15, 0.2) is 0 Å². The average Bonchev–Trinajstić information content (AvgIpc) is 3.16. The molecule has 0 spiro atoms. The molecule has 3 heterocycles. The predicted molar refractivity (Wildman–Crippen MR) is 88.2 cm³/mol. The number of carbonyl (C=O) groups excluding carboxylic acids is 1. The summed E-state index contributed by atoms with van der Waals surface area (Å²) in [6.07, 6.45) is 5.84. The van der Waals surface area contributed by atoms with Gasteiger partial charge in [0, 0.05) is 44.3 Å². The van der Waals surface area contributed by atoms with E-state index in [9.17, 15) is 4.79 Å². The van der Waals surface area contributed by atoms with Crippen molar-refractivity contribution < 1.29 is 4.79 Å². The van der Waals surface area contributed by atoms with E-state index in [1.165, 1.54) is 5.69 Å². The molecule has 1 saturated heterocycles. The van der Waals surface area contributed by atoms with Crippen LogP contribution in [-0.2, 0) is 13.1 Å². The molecule has 0 aromatic carbocycles. The highest BCUT2D eigenvalue weighted by Gasteiger charge is 2.26. The second-order valence-corrected chi connectivity index (χ2v) is 6.35. The lowest BCUT2D eigenvalue weighted by Crippen LogP contribution is -2.42. The van der Waals surface area contributed by atoms with Crippen molar-refractivity contribution in [3.8, 4) is 0 Å². The summed E-state index contributed by atoms with van der Waals surface area (Å²) in [4.78, 5) is 19.1. The predicted octanol–water partition coefficient (Wildman–Crippen LogP) is 2.27. The number of rotatable bonds is 4. The van der Waals surface area contributed by atoms with Crippen LogP contribution in [0.1, 0.15) is 41.8 Å². The van der Waals surface area contributed by atoms with Gasteiger partial charge in [0.1, 0.15) is 11.5 Å². The first-order valence-corrected chi connectivity index (χ1v) is 8.40. The summed E-state index contributed by atoms with van der Waals surface area (Å²) in [5.74, 6) is 1.64. The van der Waals surface area contributed by atoms with Crippen LogP contribution in [0.3, 0.4) is 0 Å². The summed E-state index contributed by atoms with van der Waals surface area (Å²) >= 11 is 0. The van der Waals surface area contributed by atoms with E-state index in [1.54, 1.807) is 10.9 Å².